The zero-order valence-corrected chi connectivity index (χ0v) is 15.0. The predicted molar refractivity (Wildman–Crippen MR) is 94.3 cm³/mol. The van der Waals surface area contributed by atoms with Gasteiger partial charge in [-0.3, -0.25) is 4.79 Å². The maximum Gasteiger partial charge on any atom is 0.258 e. The fraction of sp³-hybridized carbons (Fsp3) is 0.316. The van der Waals surface area contributed by atoms with Crippen molar-refractivity contribution in [1.82, 2.24) is 10.2 Å². The van der Waals surface area contributed by atoms with Crippen LogP contribution in [0.5, 0.6) is 11.5 Å². The Kier molecular flexibility index (Phi) is 6.91. The number of methoxy groups -OCH3 is 1. The van der Waals surface area contributed by atoms with Gasteiger partial charge in [-0.05, 0) is 43.9 Å². The van der Waals surface area contributed by atoms with Crippen LogP contribution in [0, 0.1) is 11.6 Å². The summed E-state index contributed by atoms with van der Waals surface area (Å²) in [4.78, 5) is 14.0. The van der Waals surface area contributed by atoms with Crippen molar-refractivity contribution >= 4 is 5.91 Å². The molecule has 2 aromatic carbocycles. The average molecular weight is 364 g/mol. The molecule has 0 aliphatic carbocycles. The molecule has 1 amide bonds. The molecule has 0 saturated heterocycles. The molecule has 2 rings (SSSR count). The van der Waals surface area contributed by atoms with Crippen LogP contribution >= 0.6 is 0 Å². The molecule has 5 nitrogen and oxygen atoms in total. The monoisotopic (exact) mass is 364 g/mol. The first-order valence-electron chi connectivity index (χ1n) is 8.05. The highest BCUT2D eigenvalue weighted by Crippen LogP contribution is 2.22. The van der Waals surface area contributed by atoms with E-state index in [0.29, 0.717) is 12.6 Å². The van der Waals surface area contributed by atoms with E-state index in [1.54, 1.807) is 7.11 Å². The summed E-state index contributed by atoms with van der Waals surface area (Å²) in [7, 11) is 5.40. The van der Waals surface area contributed by atoms with Gasteiger partial charge in [0.15, 0.2) is 18.2 Å². The standard InChI is InChI=1S/C19H22F2N2O3/c1-23(2)17(13-5-4-6-15(9-13)25-3)11-22-19(24)12-26-18-8-7-14(20)10-16(18)21/h4-10,17H,11-12H2,1-3H3,(H,22,24). The second-order valence-corrected chi connectivity index (χ2v) is 5.92. The molecular weight excluding hydrogens is 342 g/mol. The molecule has 2 aromatic rings. The maximum atomic E-state index is 13.5. The Morgan fingerprint density at radius 2 is 1.96 bits per heavy atom. The molecule has 0 saturated carbocycles. The SMILES string of the molecule is COc1cccc(C(CNC(=O)COc2ccc(F)cc2F)N(C)C)c1. The number of likely N-dealkylation sites (N-methyl/N-ethyl adjacent to an activating group) is 1. The number of carbonyl (C=O) groups is 1. The van der Waals surface area contributed by atoms with E-state index in [1.165, 1.54) is 0 Å². The summed E-state index contributed by atoms with van der Waals surface area (Å²) in [5, 5.41) is 2.76. The van der Waals surface area contributed by atoms with Crippen LogP contribution in [0.2, 0.25) is 0 Å². The summed E-state index contributed by atoms with van der Waals surface area (Å²) in [6, 6.07) is 10.4. The van der Waals surface area contributed by atoms with Gasteiger partial charge in [-0.25, -0.2) is 8.78 Å². The lowest BCUT2D eigenvalue weighted by molar-refractivity contribution is -0.123. The third kappa shape index (κ3) is 5.42. The minimum Gasteiger partial charge on any atom is -0.497 e. The molecule has 0 radical (unpaired) electrons. The lowest BCUT2D eigenvalue weighted by Crippen LogP contribution is -2.36. The molecule has 26 heavy (non-hydrogen) atoms. The second-order valence-electron chi connectivity index (χ2n) is 5.92. The summed E-state index contributed by atoms with van der Waals surface area (Å²) in [5.74, 6) is -1.38. The zero-order chi connectivity index (χ0) is 19.1. The number of carbonyl (C=O) groups excluding carboxylic acids is 1. The number of ether oxygens (including phenoxy) is 2. The number of hydrogen-bond donors (Lipinski definition) is 1. The van der Waals surface area contributed by atoms with Crippen LogP contribution in [0.3, 0.4) is 0 Å². The van der Waals surface area contributed by atoms with Crippen molar-refractivity contribution in [3.63, 3.8) is 0 Å². The van der Waals surface area contributed by atoms with Crippen LogP contribution in [0.1, 0.15) is 11.6 Å². The normalized spacial score (nSPS) is 11.9. The summed E-state index contributed by atoms with van der Waals surface area (Å²) >= 11 is 0. The van der Waals surface area contributed by atoms with Gasteiger partial charge in [0.05, 0.1) is 13.2 Å². The quantitative estimate of drug-likeness (QED) is 0.783. The Morgan fingerprint density at radius 3 is 2.62 bits per heavy atom. The Labute approximate surface area is 151 Å². The molecule has 0 aromatic heterocycles. The number of hydrogen-bond acceptors (Lipinski definition) is 4. The molecule has 0 heterocycles. The first-order valence-corrected chi connectivity index (χ1v) is 8.05. The smallest absolute Gasteiger partial charge is 0.258 e. The average Bonchev–Trinajstić information content (AvgIpc) is 2.61. The highest BCUT2D eigenvalue weighted by Gasteiger charge is 2.16. The number of rotatable bonds is 8. The minimum absolute atomic E-state index is 0.0726. The molecule has 1 atom stereocenters. The van der Waals surface area contributed by atoms with Crippen molar-refractivity contribution < 1.29 is 23.0 Å². The first-order chi connectivity index (χ1) is 12.4. The Balaban J connectivity index is 1.92. The van der Waals surface area contributed by atoms with E-state index in [9.17, 15) is 13.6 Å². The number of benzene rings is 2. The van der Waals surface area contributed by atoms with Gasteiger partial charge < -0.3 is 19.7 Å². The number of halogens is 2. The number of amides is 1. The Hall–Kier alpha value is -2.67. The van der Waals surface area contributed by atoms with Crippen LogP contribution in [0.15, 0.2) is 42.5 Å². The van der Waals surface area contributed by atoms with Gasteiger partial charge in [0, 0.05) is 12.6 Å². The first kappa shape index (κ1) is 19.7. The summed E-state index contributed by atoms with van der Waals surface area (Å²) in [5.41, 5.74) is 0.986. The summed E-state index contributed by atoms with van der Waals surface area (Å²) < 4.78 is 36.7. The largest absolute Gasteiger partial charge is 0.497 e. The van der Waals surface area contributed by atoms with E-state index in [1.807, 2.05) is 43.3 Å². The number of nitrogens with one attached hydrogen (secondary N) is 1. The van der Waals surface area contributed by atoms with E-state index in [2.05, 4.69) is 5.32 Å². The van der Waals surface area contributed by atoms with Crippen molar-refractivity contribution in [3.05, 3.63) is 59.7 Å². The fourth-order valence-corrected chi connectivity index (χ4v) is 2.44. The Bertz CT molecular complexity index is 753. The molecule has 0 fully saturated rings. The van der Waals surface area contributed by atoms with Gasteiger partial charge >= 0.3 is 0 Å². The minimum atomic E-state index is -0.847. The molecule has 0 spiro atoms. The van der Waals surface area contributed by atoms with E-state index >= 15 is 0 Å². The van der Waals surface area contributed by atoms with Crippen molar-refractivity contribution in [2.45, 2.75) is 6.04 Å². The molecular formula is C19H22F2N2O3. The molecule has 0 bridgehead atoms. The lowest BCUT2D eigenvalue weighted by atomic mass is 10.1. The van der Waals surface area contributed by atoms with Gasteiger partial charge in [-0.1, -0.05) is 12.1 Å². The van der Waals surface area contributed by atoms with Crippen LogP contribution in [-0.2, 0) is 4.79 Å². The van der Waals surface area contributed by atoms with Gasteiger partial charge in [0.25, 0.3) is 5.91 Å². The number of nitrogens with zero attached hydrogens (tertiary/aromatic N) is 1. The van der Waals surface area contributed by atoms with Crippen molar-refractivity contribution in [1.29, 1.82) is 0 Å². The third-order valence-electron chi connectivity index (χ3n) is 3.85. The van der Waals surface area contributed by atoms with E-state index in [4.69, 9.17) is 9.47 Å². The summed E-state index contributed by atoms with van der Waals surface area (Å²) in [6.07, 6.45) is 0. The summed E-state index contributed by atoms with van der Waals surface area (Å²) in [6.45, 7) is -0.0188. The van der Waals surface area contributed by atoms with E-state index in [0.717, 1.165) is 23.4 Å². The molecule has 0 aliphatic rings. The van der Waals surface area contributed by atoms with E-state index < -0.39 is 17.5 Å². The topological polar surface area (TPSA) is 50.8 Å². The van der Waals surface area contributed by atoms with E-state index in [-0.39, 0.29) is 18.4 Å². The van der Waals surface area contributed by atoms with Gasteiger partial charge in [-0.15, -0.1) is 0 Å². The third-order valence-corrected chi connectivity index (χ3v) is 3.85. The fourth-order valence-electron chi connectivity index (χ4n) is 2.44. The molecule has 1 N–H and O–H groups in total. The van der Waals surface area contributed by atoms with Crippen molar-refractivity contribution in [2.24, 2.45) is 0 Å². The predicted octanol–water partition coefficient (Wildman–Crippen LogP) is 2.77. The highest BCUT2D eigenvalue weighted by atomic mass is 19.1. The van der Waals surface area contributed by atoms with Gasteiger partial charge in [0.2, 0.25) is 0 Å². The zero-order valence-electron chi connectivity index (χ0n) is 15.0. The lowest BCUT2D eigenvalue weighted by Gasteiger charge is -2.25. The Morgan fingerprint density at radius 1 is 1.19 bits per heavy atom. The van der Waals surface area contributed by atoms with Crippen LogP contribution < -0.4 is 14.8 Å². The maximum absolute atomic E-state index is 13.5. The van der Waals surface area contributed by atoms with Crippen LogP contribution in [-0.4, -0.2) is 45.2 Å². The van der Waals surface area contributed by atoms with Crippen LogP contribution in [0.4, 0.5) is 8.78 Å². The second kappa shape index (κ2) is 9.15. The molecule has 0 aliphatic heterocycles. The van der Waals surface area contributed by atoms with Crippen molar-refractivity contribution in [3.8, 4) is 11.5 Å². The molecule has 140 valence electrons. The van der Waals surface area contributed by atoms with Gasteiger partial charge in [0.1, 0.15) is 11.6 Å². The molecule has 1 unspecified atom stereocenters. The molecule has 7 heteroatoms. The highest BCUT2D eigenvalue weighted by molar-refractivity contribution is 5.77. The van der Waals surface area contributed by atoms with Crippen LogP contribution in [0.25, 0.3) is 0 Å². The van der Waals surface area contributed by atoms with Gasteiger partial charge in [-0.2, -0.15) is 0 Å². The van der Waals surface area contributed by atoms with Crippen molar-refractivity contribution in [2.75, 3.05) is 34.4 Å².